The molecule has 1 amide bonds. The van der Waals surface area contributed by atoms with Gasteiger partial charge in [-0.05, 0) is 35.7 Å². The van der Waals surface area contributed by atoms with Crippen LogP contribution in [0, 0.1) is 11.7 Å². The molecular formula is C25H26FN5O2. The molecule has 2 atom stereocenters. The van der Waals surface area contributed by atoms with E-state index in [1.54, 1.807) is 31.8 Å². The summed E-state index contributed by atoms with van der Waals surface area (Å²) >= 11 is 0. The third-order valence-electron chi connectivity index (χ3n) is 6.49. The van der Waals surface area contributed by atoms with Gasteiger partial charge < -0.3 is 19.9 Å². The summed E-state index contributed by atoms with van der Waals surface area (Å²) in [6.45, 7) is 2.50. The first-order valence-electron chi connectivity index (χ1n) is 11.1. The molecule has 170 valence electrons. The molecule has 2 aromatic carbocycles. The quantitative estimate of drug-likeness (QED) is 0.649. The summed E-state index contributed by atoms with van der Waals surface area (Å²) in [5, 5.41) is 3.03. The minimum Gasteiger partial charge on any atom is -0.497 e. The smallest absolute Gasteiger partial charge is 0.225 e. The highest BCUT2D eigenvalue weighted by atomic mass is 19.1. The summed E-state index contributed by atoms with van der Waals surface area (Å²) in [4.78, 5) is 26.5. The Bertz CT molecular complexity index is 1140. The van der Waals surface area contributed by atoms with Crippen molar-refractivity contribution in [2.75, 3.05) is 36.5 Å². The second-order valence-corrected chi connectivity index (χ2v) is 8.42. The zero-order valence-corrected chi connectivity index (χ0v) is 18.4. The van der Waals surface area contributed by atoms with E-state index in [0.29, 0.717) is 19.5 Å². The Balaban J connectivity index is 1.41. The molecule has 0 saturated carbocycles. The lowest BCUT2D eigenvalue weighted by molar-refractivity contribution is -0.126. The topological polar surface area (TPSA) is 70.6 Å². The third-order valence-corrected chi connectivity index (χ3v) is 6.49. The number of amides is 1. The first-order valence-corrected chi connectivity index (χ1v) is 11.1. The molecule has 3 aromatic rings. The van der Waals surface area contributed by atoms with E-state index < -0.39 is 0 Å². The third kappa shape index (κ3) is 4.33. The Morgan fingerprint density at radius 2 is 2.12 bits per heavy atom. The van der Waals surface area contributed by atoms with Crippen LogP contribution in [0.1, 0.15) is 11.1 Å². The van der Waals surface area contributed by atoms with E-state index in [-0.39, 0.29) is 23.7 Å². The van der Waals surface area contributed by atoms with Crippen LogP contribution in [-0.2, 0) is 17.8 Å². The standard InChI is InChI=1S/C25H26FN5O2/c1-33-20-6-5-18-12-21(25(32)29-14-17-3-2-4-19(26)11-17)23-16-30(24-15-27-7-8-28-24)9-10-31(23)22(18)13-20/h2-8,11,13,15,21,23H,9-10,12,14,16H2,1H3,(H,29,32). The van der Waals surface area contributed by atoms with E-state index in [0.717, 1.165) is 41.5 Å². The SMILES string of the molecule is COc1ccc2c(c1)N1CCN(c3cnccn3)CC1C(C(=O)NCc1cccc(F)c1)C2. The fraction of sp³-hybridized carbons (Fsp3) is 0.320. The molecule has 0 bridgehead atoms. The second kappa shape index (κ2) is 9.05. The predicted octanol–water partition coefficient (Wildman–Crippen LogP) is 2.81. The highest BCUT2D eigenvalue weighted by Gasteiger charge is 2.42. The molecule has 33 heavy (non-hydrogen) atoms. The van der Waals surface area contributed by atoms with E-state index in [9.17, 15) is 9.18 Å². The van der Waals surface area contributed by atoms with Crippen molar-refractivity contribution in [3.05, 3.63) is 78.0 Å². The Morgan fingerprint density at radius 1 is 1.21 bits per heavy atom. The van der Waals surface area contributed by atoms with Crippen LogP contribution in [0.4, 0.5) is 15.9 Å². The molecular weight excluding hydrogens is 421 g/mol. The molecule has 1 saturated heterocycles. The highest BCUT2D eigenvalue weighted by Crippen LogP contribution is 2.38. The van der Waals surface area contributed by atoms with Gasteiger partial charge in [0.25, 0.3) is 0 Å². The van der Waals surface area contributed by atoms with Crippen LogP contribution in [0.2, 0.25) is 0 Å². The molecule has 5 rings (SSSR count). The van der Waals surface area contributed by atoms with Gasteiger partial charge in [0.05, 0.1) is 25.3 Å². The maximum atomic E-state index is 13.6. The van der Waals surface area contributed by atoms with Crippen LogP contribution in [0.3, 0.4) is 0 Å². The lowest BCUT2D eigenvalue weighted by atomic mass is 9.83. The number of ether oxygens (including phenoxy) is 1. The summed E-state index contributed by atoms with van der Waals surface area (Å²) in [5.74, 6) is 1.03. The average molecular weight is 448 g/mol. The van der Waals surface area contributed by atoms with Crippen molar-refractivity contribution in [1.82, 2.24) is 15.3 Å². The van der Waals surface area contributed by atoms with Gasteiger partial charge in [-0.25, -0.2) is 9.37 Å². The van der Waals surface area contributed by atoms with Crippen LogP contribution >= 0.6 is 0 Å². The Morgan fingerprint density at radius 3 is 2.91 bits per heavy atom. The van der Waals surface area contributed by atoms with E-state index in [4.69, 9.17) is 4.74 Å². The van der Waals surface area contributed by atoms with Gasteiger partial charge in [0.15, 0.2) is 0 Å². The van der Waals surface area contributed by atoms with Crippen molar-refractivity contribution in [3.8, 4) is 5.75 Å². The minimum absolute atomic E-state index is 0.0308. The number of hydrogen-bond acceptors (Lipinski definition) is 6. The van der Waals surface area contributed by atoms with Crippen molar-refractivity contribution < 1.29 is 13.9 Å². The number of halogens is 1. The number of hydrogen-bond donors (Lipinski definition) is 1. The number of carbonyl (C=O) groups excluding carboxylic acids is 1. The van der Waals surface area contributed by atoms with Crippen molar-refractivity contribution in [1.29, 1.82) is 0 Å². The summed E-state index contributed by atoms with van der Waals surface area (Å²) in [5.41, 5.74) is 2.99. The number of nitrogens with one attached hydrogen (secondary N) is 1. The lowest BCUT2D eigenvalue weighted by Crippen LogP contribution is -2.61. The molecule has 8 heteroatoms. The first kappa shape index (κ1) is 21.2. The van der Waals surface area contributed by atoms with Crippen LogP contribution in [-0.4, -0.2) is 48.7 Å². The molecule has 1 aromatic heterocycles. The maximum absolute atomic E-state index is 13.6. The number of fused-ring (bicyclic) bond motifs is 3. The number of aromatic nitrogens is 2. The van der Waals surface area contributed by atoms with Crippen molar-refractivity contribution in [2.45, 2.75) is 19.0 Å². The summed E-state index contributed by atoms with van der Waals surface area (Å²) in [7, 11) is 1.66. The van der Waals surface area contributed by atoms with Gasteiger partial charge in [0.2, 0.25) is 5.91 Å². The fourth-order valence-electron chi connectivity index (χ4n) is 4.83. The molecule has 2 unspecified atom stereocenters. The number of nitrogens with zero attached hydrogens (tertiary/aromatic N) is 4. The molecule has 7 nitrogen and oxygen atoms in total. The maximum Gasteiger partial charge on any atom is 0.225 e. The zero-order chi connectivity index (χ0) is 22.8. The van der Waals surface area contributed by atoms with Gasteiger partial charge in [-0.15, -0.1) is 0 Å². The summed E-state index contributed by atoms with van der Waals surface area (Å²) < 4.78 is 19.0. The minimum atomic E-state index is -0.305. The number of benzene rings is 2. The number of carbonyl (C=O) groups is 1. The molecule has 1 fully saturated rings. The fourth-order valence-corrected chi connectivity index (χ4v) is 4.83. The van der Waals surface area contributed by atoms with Crippen molar-refractivity contribution in [3.63, 3.8) is 0 Å². The van der Waals surface area contributed by atoms with Gasteiger partial charge in [0.1, 0.15) is 17.4 Å². The van der Waals surface area contributed by atoms with Crippen LogP contribution in [0.25, 0.3) is 0 Å². The van der Waals surface area contributed by atoms with Crippen molar-refractivity contribution >= 4 is 17.4 Å². The van der Waals surface area contributed by atoms with E-state index >= 15 is 0 Å². The zero-order valence-electron chi connectivity index (χ0n) is 18.4. The molecule has 2 aliphatic rings. The Labute approximate surface area is 192 Å². The molecule has 0 aliphatic carbocycles. The van der Waals surface area contributed by atoms with Gasteiger partial charge in [0, 0.05) is 50.3 Å². The van der Waals surface area contributed by atoms with E-state index in [2.05, 4.69) is 31.2 Å². The second-order valence-electron chi connectivity index (χ2n) is 8.42. The number of anilines is 2. The summed E-state index contributed by atoms with van der Waals surface area (Å²) in [6.07, 6.45) is 5.73. The largest absolute Gasteiger partial charge is 0.497 e. The number of piperazine rings is 1. The molecule has 3 heterocycles. The first-order chi connectivity index (χ1) is 16.1. The molecule has 2 aliphatic heterocycles. The number of rotatable bonds is 5. The summed E-state index contributed by atoms with van der Waals surface area (Å²) in [6, 6.07) is 12.3. The van der Waals surface area contributed by atoms with Crippen LogP contribution < -0.4 is 19.9 Å². The van der Waals surface area contributed by atoms with Crippen LogP contribution in [0.15, 0.2) is 61.1 Å². The van der Waals surface area contributed by atoms with Gasteiger partial charge >= 0.3 is 0 Å². The van der Waals surface area contributed by atoms with Crippen molar-refractivity contribution in [2.24, 2.45) is 5.92 Å². The lowest BCUT2D eigenvalue weighted by Gasteiger charge is -2.49. The highest BCUT2D eigenvalue weighted by molar-refractivity contribution is 5.82. The molecule has 1 N–H and O–H groups in total. The Hall–Kier alpha value is -3.68. The van der Waals surface area contributed by atoms with E-state index in [1.165, 1.54) is 12.1 Å². The van der Waals surface area contributed by atoms with E-state index in [1.807, 2.05) is 18.2 Å². The molecule has 0 radical (unpaired) electrons. The van der Waals surface area contributed by atoms with Gasteiger partial charge in [-0.1, -0.05) is 18.2 Å². The monoisotopic (exact) mass is 447 g/mol. The van der Waals surface area contributed by atoms with Gasteiger partial charge in [-0.3, -0.25) is 9.78 Å². The number of methoxy groups -OCH3 is 1. The molecule has 0 spiro atoms. The average Bonchev–Trinajstić information content (AvgIpc) is 2.86. The Kier molecular flexibility index (Phi) is 5.81. The normalized spacial score (nSPS) is 19.5. The van der Waals surface area contributed by atoms with Crippen LogP contribution in [0.5, 0.6) is 5.75 Å². The van der Waals surface area contributed by atoms with Gasteiger partial charge in [-0.2, -0.15) is 0 Å². The predicted molar refractivity (Wildman–Crippen MR) is 124 cm³/mol.